The summed E-state index contributed by atoms with van der Waals surface area (Å²) < 4.78 is 27.8. The molecule has 144 valence electrons. The van der Waals surface area contributed by atoms with Crippen LogP contribution < -0.4 is 10.6 Å². The summed E-state index contributed by atoms with van der Waals surface area (Å²) in [5, 5.41) is 9.31. The number of aryl methyl sites for hydroxylation is 3. The van der Waals surface area contributed by atoms with E-state index in [1.807, 2.05) is 0 Å². The lowest BCUT2D eigenvalue weighted by Gasteiger charge is -2.11. The van der Waals surface area contributed by atoms with Crippen LogP contribution in [0.5, 0.6) is 0 Å². The molecule has 0 spiro atoms. The van der Waals surface area contributed by atoms with Crippen molar-refractivity contribution in [3.8, 4) is 0 Å². The van der Waals surface area contributed by atoms with E-state index in [1.165, 1.54) is 54.3 Å². The molecule has 0 atom stereocenters. The van der Waals surface area contributed by atoms with Gasteiger partial charge in [-0.05, 0) is 61.4 Å². The first-order valence-corrected chi connectivity index (χ1v) is 8.43. The van der Waals surface area contributed by atoms with Crippen molar-refractivity contribution in [2.24, 2.45) is 7.05 Å². The quantitative estimate of drug-likeness (QED) is 0.718. The topological polar surface area (TPSA) is 76.0 Å². The highest BCUT2D eigenvalue weighted by Gasteiger charge is 2.23. The fourth-order valence-corrected chi connectivity index (χ4v) is 2.78. The van der Waals surface area contributed by atoms with E-state index in [-0.39, 0.29) is 11.3 Å². The van der Waals surface area contributed by atoms with Crippen LogP contribution in [0.2, 0.25) is 0 Å². The van der Waals surface area contributed by atoms with Crippen LogP contribution in [-0.2, 0) is 7.05 Å². The highest BCUT2D eigenvalue weighted by Crippen LogP contribution is 2.20. The van der Waals surface area contributed by atoms with Crippen molar-refractivity contribution in [3.05, 3.63) is 76.6 Å². The summed E-state index contributed by atoms with van der Waals surface area (Å²) in [6.45, 7) is 3.32. The smallest absolute Gasteiger partial charge is 0.274 e. The van der Waals surface area contributed by atoms with E-state index in [0.29, 0.717) is 22.5 Å². The fourth-order valence-electron chi connectivity index (χ4n) is 2.78. The van der Waals surface area contributed by atoms with Gasteiger partial charge in [-0.1, -0.05) is 0 Å². The number of halogens is 2. The summed E-state index contributed by atoms with van der Waals surface area (Å²) in [5.74, 6) is -1.93. The SMILES string of the molecule is Cc1cc(F)ccc1NC(=O)c1cnn(C)c1C(=O)Nc1ccc(F)cc1C. The number of hydrogen-bond donors (Lipinski definition) is 2. The molecule has 0 saturated carbocycles. The minimum atomic E-state index is -0.560. The molecule has 1 heterocycles. The summed E-state index contributed by atoms with van der Waals surface area (Å²) in [6.07, 6.45) is 1.28. The normalized spacial score (nSPS) is 10.6. The Morgan fingerprint density at radius 1 is 0.893 bits per heavy atom. The van der Waals surface area contributed by atoms with Gasteiger partial charge in [0, 0.05) is 18.4 Å². The van der Waals surface area contributed by atoms with Crippen molar-refractivity contribution in [3.63, 3.8) is 0 Å². The number of benzene rings is 2. The van der Waals surface area contributed by atoms with Gasteiger partial charge in [0.2, 0.25) is 0 Å². The largest absolute Gasteiger partial charge is 0.322 e. The molecule has 0 unspecified atom stereocenters. The molecule has 2 aromatic carbocycles. The first-order chi connectivity index (χ1) is 13.3. The van der Waals surface area contributed by atoms with Gasteiger partial charge in [-0.15, -0.1) is 0 Å². The molecule has 0 fully saturated rings. The second-order valence-electron chi connectivity index (χ2n) is 6.36. The van der Waals surface area contributed by atoms with E-state index < -0.39 is 23.4 Å². The number of carbonyl (C=O) groups excluding carboxylic acids is 2. The van der Waals surface area contributed by atoms with E-state index in [1.54, 1.807) is 13.8 Å². The molecular formula is C20H18F2N4O2. The maximum absolute atomic E-state index is 13.3. The molecule has 1 aromatic heterocycles. The van der Waals surface area contributed by atoms with Crippen LogP contribution in [0, 0.1) is 25.5 Å². The van der Waals surface area contributed by atoms with E-state index in [0.717, 1.165) is 0 Å². The molecule has 2 amide bonds. The third-order valence-electron chi connectivity index (χ3n) is 4.27. The van der Waals surface area contributed by atoms with Gasteiger partial charge in [0.15, 0.2) is 0 Å². The van der Waals surface area contributed by atoms with E-state index in [4.69, 9.17) is 0 Å². The molecule has 0 radical (unpaired) electrons. The number of amides is 2. The number of rotatable bonds is 4. The average molecular weight is 384 g/mol. The lowest BCUT2D eigenvalue weighted by atomic mass is 10.1. The second-order valence-corrected chi connectivity index (χ2v) is 6.36. The first kappa shape index (κ1) is 19.2. The van der Waals surface area contributed by atoms with Crippen LogP contribution in [0.15, 0.2) is 42.6 Å². The molecule has 0 aliphatic heterocycles. The van der Waals surface area contributed by atoms with Gasteiger partial charge in [-0.3, -0.25) is 14.3 Å². The van der Waals surface area contributed by atoms with Crippen LogP contribution in [0.4, 0.5) is 20.2 Å². The Bertz CT molecular complexity index is 1080. The van der Waals surface area contributed by atoms with Crippen molar-refractivity contribution >= 4 is 23.2 Å². The summed E-state index contributed by atoms with van der Waals surface area (Å²) >= 11 is 0. The first-order valence-electron chi connectivity index (χ1n) is 8.43. The number of nitrogens with one attached hydrogen (secondary N) is 2. The van der Waals surface area contributed by atoms with Crippen molar-refractivity contribution in [1.82, 2.24) is 9.78 Å². The van der Waals surface area contributed by atoms with Crippen molar-refractivity contribution in [2.45, 2.75) is 13.8 Å². The Balaban J connectivity index is 1.86. The zero-order valence-corrected chi connectivity index (χ0v) is 15.5. The third kappa shape index (κ3) is 3.90. The second kappa shape index (κ2) is 7.59. The molecule has 2 N–H and O–H groups in total. The van der Waals surface area contributed by atoms with Gasteiger partial charge < -0.3 is 10.6 Å². The number of carbonyl (C=O) groups is 2. The van der Waals surface area contributed by atoms with E-state index >= 15 is 0 Å². The van der Waals surface area contributed by atoms with Crippen molar-refractivity contribution < 1.29 is 18.4 Å². The zero-order chi connectivity index (χ0) is 20.4. The predicted molar refractivity (Wildman–Crippen MR) is 101 cm³/mol. The van der Waals surface area contributed by atoms with Crippen molar-refractivity contribution in [2.75, 3.05) is 10.6 Å². The molecule has 8 heteroatoms. The molecule has 0 aliphatic rings. The summed E-state index contributed by atoms with van der Waals surface area (Å²) in [5.41, 5.74) is 2.04. The van der Waals surface area contributed by atoms with Gasteiger partial charge in [-0.2, -0.15) is 5.10 Å². The monoisotopic (exact) mass is 384 g/mol. The van der Waals surface area contributed by atoms with Crippen LogP contribution in [0.3, 0.4) is 0 Å². The number of hydrogen-bond acceptors (Lipinski definition) is 3. The molecule has 3 rings (SSSR count). The average Bonchev–Trinajstić information content (AvgIpc) is 3.01. The lowest BCUT2D eigenvalue weighted by molar-refractivity contribution is 0.0985. The molecule has 6 nitrogen and oxygen atoms in total. The van der Waals surface area contributed by atoms with Gasteiger partial charge in [0.05, 0.1) is 11.8 Å². The highest BCUT2D eigenvalue weighted by atomic mass is 19.1. The Labute approximate surface area is 160 Å². The maximum atomic E-state index is 13.3. The van der Waals surface area contributed by atoms with E-state index in [9.17, 15) is 18.4 Å². The number of anilines is 2. The van der Waals surface area contributed by atoms with Crippen LogP contribution in [-0.4, -0.2) is 21.6 Å². The summed E-state index contributed by atoms with van der Waals surface area (Å²) in [7, 11) is 1.53. The Kier molecular flexibility index (Phi) is 5.21. The predicted octanol–water partition coefficient (Wildman–Crippen LogP) is 3.82. The molecule has 0 bridgehead atoms. The fraction of sp³-hybridized carbons (Fsp3) is 0.150. The molecule has 0 saturated heterocycles. The Morgan fingerprint density at radius 3 is 1.89 bits per heavy atom. The Morgan fingerprint density at radius 2 is 1.39 bits per heavy atom. The van der Waals surface area contributed by atoms with Gasteiger partial charge in [0.25, 0.3) is 11.8 Å². The molecule has 0 aliphatic carbocycles. The lowest BCUT2D eigenvalue weighted by Crippen LogP contribution is -2.22. The molecule has 3 aromatic rings. The number of aromatic nitrogens is 2. The van der Waals surface area contributed by atoms with Gasteiger partial charge in [-0.25, -0.2) is 8.78 Å². The molecular weight excluding hydrogens is 366 g/mol. The molecule has 28 heavy (non-hydrogen) atoms. The van der Waals surface area contributed by atoms with Crippen LogP contribution in [0.25, 0.3) is 0 Å². The number of nitrogens with zero attached hydrogens (tertiary/aromatic N) is 2. The zero-order valence-electron chi connectivity index (χ0n) is 15.5. The minimum Gasteiger partial charge on any atom is -0.322 e. The highest BCUT2D eigenvalue weighted by molar-refractivity contribution is 6.14. The summed E-state index contributed by atoms with van der Waals surface area (Å²) in [4.78, 5) is 25.4. The van der Waals surface area contributed by atoms with Crippen molar-refractivity contribution in [1.29, 1.82) is 0 Å². The standard InChI is InChI=1S/C20H18F2N4O2/c1-11-8-13(21)4-6-16(11)24-19(27)15-10-23-26(3)18(15)20(28)25-17-7-5-14(22)9-12(17)2/h4-10H,1-3H3,(H,24,27)(H,25,28). The van der Waals surface area contributed by atoms with Crippen LogP contribution >= 0.6 is 0 Å². The van der Waals surface area contributed by atoms with Gasteiger partial charge >= 0.3 is 0 Å². The van der Waals surface area contributed by atoms with Gasteiger partial charge in [0.1, 0.15) is 17.3 Å². The summed E-state index contributed by atoms with van der Waals surface area (Å²) in [6, 6.07) is 7.95. The maximum Gasteiger partial charge on any atom is 0.274 e. The van der Waals surface area contributed by atoms with E-state index in [2.05, 4.69) is 15.7 Å². The third-order valence-corrected chi connectivity index (χ3v) is 4.27. The van der Waals surface area contributed by atoms with Crippen LogP contribution in [0.1, 0.15) is 32.0 Å². The Hall–Kier alpha value is -3.55. The minimum absolute atomic E-state index is 0.0426.